The molecule has 1 N–H and O–H groups in total. The van der Waals surface area contributed by atoms with Crippen molar-refractivity contribution in [3.8, 4) is 0 Å². The van der Waals surface area contributed by atoms with Gasteiger partial charge in [0.15, 0.2) is 0 Å². The minimum atomic E-state index is -0.297. The summed E-state index contributed by atoms with van der Waals surface area (Å²) in [5, 5.41) is 2.55. The van der Waals surface area contributed by atoms with E-state index < -0.39 is 0 Å². The first-order valence-corrected chi connectivity index (χ1v) is 9.20. The van der Waals surface area contributed by atoms with Crippen LogP contribution in [0.5, 0.6) is 0 Å². The maximum atomic E-state index is 12.4. The Morgan fingerprint density at radius 2 is 2.04 bits per heavy atom. The average molecular weight is 356 g/mol. The van der Waals surface area contributed by atoms with Crippen molar-refractivity contribution < 1.29 is 14.4 Å². The Balaban J connectivity index is 1.53. The van der Waals surface area contributed by atoms with E-state index >= 15 is 0 Å². The highest BCUT2D eigenvalue weighted by Crippen LogP contribution is 2.31. The van der Waals surface area contributed by atoms with Crippen LogP contribution in [0.4, 0.5) is 4.79 Å². The predicted octanol–water partition coefficient (Wildman–Crippen LogP) is 3.20. The smallest absolute Gasteiger partial charge is 0.293 e. The molecule has 1 aliphatic carbocycles. The zero-order valence-electron chi connectivity index (χ0n) is 13.8. The molecule has 3 rings (SSSR count). The lowest BCUT2D eigenvalue weighted by Gasteiger charge is -2.18. The van der Waals surface area contributed by atoms with Gasteiger partial charge in [0.25, 0.3) is 11.1 Å². The number of rotatable bonds is 5. The van der Waals surface area contributed by atoms with Crippen molar-refractivity contribution in [1.82, 2.24) is 10.2 Å². The van der Waals surface area contributed by atoms with Gasteiger partial charge in [-0.1, -0.05) is 42.5 Å². The number of amides is 3. The Morgan fingerprint density at radius 1 is 1.24 bits per heavy atom. The third kappa shape index (κ3) is 4.39. The van der Waals surface area contributed by atoms with Crippen LogP contribution in [0.25, 0.3) is 6.08 Å². The van der Waals surface area contributed by atoms with Gasteiger partial charge in [-0.3, -0.25) is 19.3 Å². The van der Waals surface area contributed by atoms with Crippen molar-refractivity contribution in [3.63, 3.8) is 0 Å². The Kier molecular flexibility index (Phi) is 5.71. The van der Waals surface area contributed by atoms with Gasteiger partial charge in [-0.2, -0.15) is 0 Å². The molecule has 1 saturated heterocycles. The molecule has 1 aliphatic heterocycles. The van der Waals surface area contributed by atoms with E-state index in [1.54, 1.807) is 6.08 Å². The molecule has 0 unspecified atom stereocenters. The van der Waals surface area contributed by atoms with Crippen LogP contribution in [0, 0.1) is 5.92 Å². The Morgan fingerprint density at radius 3 is 2.76 bits per heavy atom. The quantitative estimate of drug-likeness (QED) is 0.650. The predicted molar refractivity (Wildman–Crippen MR) is 98.6 cm³/mol. The Labute approximate surface area is 151 Å². The SMILES string of the molecule is O=C(NCCN1C(=O)S/C(=C\c2ccccc2)C1=O)[C@H]1CC=CCC1. The summed E-state index contributed by atoms with van der Waals surface area (Å²) in [5.74, 6) is -0.303. The normalized spacial score (nSPS) is 21.8. The molecule has 2 aliphatic rings. The molecule has 130 valence electrons. The van der Waals surface area contributed by atoms with Crippen molar-refractivity contribution in [3.05, 3.63) is 53.0 Å². The van der Waals surface area contributed by atoms with Crippen LogP contribution in [0.3, 0.4) is 0 Å². The molecule has 0 radical (unpaired) electrons. The molecular formula is C19H20N2O3S. The lowest BCUT2D eigenvalue weighted by molar-refractivity contribution is -0.126. The molecule has 3 amide bonds. The standard InChI is InChI=1S/C19H20N2O3S/c22-17(15-9-5-2-6-10-15)20-11-12-21-18(23)16(25-19(21)24)13-14-7-3-1-4-8-14/h1-5,7-8,13,15H,6,9-12H2,(H,20,22)/b16-13-/t15-/m0/s1. The van der Waals surface area contributed by atoms with E-state index in [4.69, 9.17) is 0 Å². The molecule has 0 saturated carbocycles. The zero-order valence-corrected chi connectivity index (χ0v) is 14.6. The van der Waals surface area contributed by atoms with Crippen molar-refractivity contribution in [2.45, 2.75) is 19.3 Å². The number of nitrogens with zero attached hydrogens (tertiary/aromatic N) is 1. The van der Waals surface area contributed by atoms with Gasteiger partial charge in [-0.05, 0) is 42.7 Å². The summed E-state index contributed by atoms with van der Waals surface area (Å²) >= 11 is 0.940. The first kappa shape index (κ1) is 17.5. The molecule has 5 nitrogen and oxygen atoms in total. The van der Waals surface area contributed by atoms with Crippen LogP contribution in [0.2, 0.25) is 0 Å². The molecule has 1 aromatic carbocycles. The maximum absolute atomic E-state index is 12.4. The molecule has 25 heavy (non-hydrogen) atoms. The molecule has 1 heterocycles. The number of benzene rings is 1. The van der Waals surface area contributed by atoms with Gasteiger partial charge in [0.2, 0.25) is 5.91 Å². The fourth-order valence-electron chi connectivity index (χ4n) is 2.86. The molecule has 0 spiro atoms. The summed E-state index contributed by atoms with van der Waals surface area (Å²) in [7, 11) is 0. The minimum absolute atomic E-state index is 0.00195. The van der Waals surface area contributed by atoms with Gasteiger partial charge in [-0.15, -0.1) is 0 Å². The number of carbonyl (C=O) groups excluding carboxylic acids is 3. The van der Waals surface area contributed by atoms with E-state index in [-0.39, 0.29) is 36.1 Å². The third-order valence-electron chi connectivity index (χ3n) is 4.25. The van der Waals surface area contributed by atoms with E-state index in [0.717, 1.165) is 36.6 Å². The molecule has 1 atom stereocenters. The van der Waals surface area contributed by atoms with E-state index in [9.17, 15) is 14.4 Å². The highest BCUT2D eigenvalue weighted by Gasteiger charge is 2.34. The van der Waals surface area contributed by atoms with E-state index in [2.05, 4.69) is 11.4 Å². The van der Waals surface area contributed by atoms with Crippen LogP contribution in [0.1, 0.15) is 24.8 Å². The van der Waals surface area contributed by atoms with Crippen molar-refractivity contribution in [2.75, 3.05) is 13.1 Å². The lowest BCUT2D eigenvalue weighted by atomic mass is 9.94. The van der Waals surface area contributed by atoms with Gasteiger partial charge in [-0.25, -0.2) is 0 Å². The summed E-state index contributed by atoms with van der Waals surface area (Å²) in [6, 6.07) is 9.42. The van der Waals surface area contributed by atoms with E-state index in [1.165, 1.54) is 4.90 Å². The van der Waals surface area contributed by atoms with Crippen molar-refractivity contribution in [2.24, 2.45) is 5.92 Å². The summed E-state index contributed by atoms with van der Waals surface area (Å²) in [4.78, 5) is 38.2. The fourth-order valence-corrected chi connectivity index (χ4v) is 3.73. The summed E-state index contributed by atoms with van der Waals surface area (Å²) < 4.78 is 0. The van der Waals surface area contributed by atoms with E-state index in [1.807, 2.05) is 36.4 Å². The topological polar surface area (TPSA) is 66.5 Å². The van der Waals surface area contributed by atoms with Crippen molar-refractivity contribution >= 4 is 34.9 Å². The second-order valence-corrected chi connectivity index (χ2v) is 7.01. The van der Waals surface area contributed by atoms with E-state index in [0.29, 0.717) is 4.91 Å². The number of nitrogens with one attached hydrogen (secondary N) is 1. The fraction of sp³-hybridized carbons (Fsp3) is 0.316. The largest absolute Gasteiger partial charge is 0.354 e. The number of hydrogen-bond acceptors (Lipinski definition) is 4. The third-order valence-corrected chi connectivity index (χ3v) is 5.15. The van der Waals surface area contributed by atoms with Crippen LogP contribution < -0.4 is 5.32 Å². The monoisotopic (exact) mass is 356 g/mol. The maximum Gasteiger partial charge on any atom is 0.293 e. The van der Waals surface area contributed by atoms with Crippen LogP contribution in [-0.2, 0) is 9.59 Å². The van der Waals surface area contributed by atoms with Crippen LogP contribution in [-0.4, -0.2) is 35.0 Å². The van der Waals surface area contributed by atoms with Gasteiger partial charge in [0, 0.05) is 19.0 Å². The molecule has 1 aromatic rings. The molecular weight excluding hydrogens is 336 g/mol. The number of hydrogen-bond donors (Lipinski definition) is 1. The molecule has 0 aromatic heterocycles. The van der Waals surface area contributed by atoms with Crippen LogP contribution >= 0.6 is 11.8 Å². The Hall–Kier alpha value is -2.34. The van der Waals surface area contributed by atoms with Crippen LogP contribution in [0.15, 0.2) is 47.4 Å². The summed E-state index contributed by atoms with van der Waals surface area (Å²) in [6.07, 6.45) is 8.36. The lowest BCUT2D eigenvalue weighted by Crippen LogP contribution is -2.39. The highest BCUT2D eigenvalue weighted by molar-refractivity contribution is 8.18. The summed E-state index contributed by atoms with van der Waals surface area (Å²) in [6.45, 7) is 0.487. The zero-order chi connectivity index (χ0) is 17.6. The van der Waals surface area contributed by atoms with Gasteiger partial charge >= 0.3 is 0 Å². The first-order chi connectivity index (χ1) is 12.1. The number of allylic oxidation sites excluding steroid dienone is 2. The first-order valence-electron chi connectivity index (χ1n) is 8.38. The molecule has 0 bridgehead atoms. The number of carbonyl (C=O) groups is 3. The molecule has 1 fully saturated rings. The molecule has 6 heteroatoms. The van der Waals surface area contributed by atoms with Gasteiger partial charge < -0.3 is 5.32 Å². The minimum Gasteiger partial charge on any atom is -0.354 e. The summed E-state index contributed by atoms with van der Waals surface area (Å²) in [5.41, 5.74) is 0.881. The second-order valence-electron chi connectivity index (χ2n) is 6.02. The Bertz CT molecular complexity index is 727. The number of imide groups is 1. The van der Waals surface area contributed by atoms with Gasteiger partial charge in [0.1, 0.15) is 0 Å². The highest BCUT2D eigenvalue weighted by atomic mass is 32.2. The average Bonchev–Trinajstić information content (AvgIpc) is 2.90. The number of thioether (sulfide) groups is 1. The van der Waals surface area contributed by atoms with Crippen molar-refractivity contribution in [1.29, 1.82) is 0 Å². The second kappa shape index (κ2) is 8.16. The van der Waals surface area contributed by atoms with Gasteiger partial charge in [0.05, 0.1) is 4.91 Å².